The number of nitrogens with zero attached hydrogens (tertiary/aromatic N) is 8. The standard InChI is InChI=1S/C41H46N10O4/c1-47-25-32(30-5-3-6-34(39(30)47)49-20-15-38(52)45-41(49)54)27-13-18-48(19-14-27)17-12-26-8-10-29(11-9-26)50-24-28-21-31(35(55-2)22-33(28)46-50)40(53)44-37-23-42-36-7-4-16-43-51(36)37/h3-7,16,21-27,29H,8-15,17-20H2,1-2H3,(H,44,53)(H,45,52,54). The van der Waals surface area contributed by atoms with Gasteiger partial charge in [0.25, 0.3) is 5.91 Å². The molecule has 0 spiro atoms. The van der Waals surface area contributed by atoms with Crippen LogP contribution in [0.3, 0.4) is 0 Å². The number of urea groups is 1. The van der Waals surface area contributed by atoms with E-state index in [0.717, 1.165) is 67.4 Å². The first-order valence-corrected chi connectivity index (χ1v) is 19.4. The summed E-state index contributed by atoms with van der Waals surface area (Å²) in [6.07, 6.45) is 15.9. The highest BCUT2D eigenvalue weighted by Crippen LogP contribution is 2.39. The summed E-state index contributed by atoms with van der Waals surface area (Å²) in [7, 11) is 3.62. The molecule has 4 aromatic heterocycles. The molecular formula is C41H46N10O4. The van der Waals surface area contributed by atoms with Crippen molar-refractivity contribution in [3.05, 3.63) is 78.4 Å². The molecule has 2 saturated heterocycles. The molecule has 0 atom stereocenters. The minimum absolute atomic E-state index is 0.218. The molecule has 14 nitrogen and oxygen atoms in total. The van der Waals surface area contributed by atoms with E-state index in [0.29, 0.717) is 53.6 Å². The Morgan fingerprint density at radius 1 is 1.00 bits per heavy atom. The number of methoxy groups -OCH3 is 1. The topological polar surface area (TPSA) is 144 Å². The van der Waals surface area contributed by atoms with Gasteiger partial charge >= 0.3 is 6.03 Å². The molecule has 0 bridgehead atoms. The summed E-state index contributed by atoms with van der Waals surface area (Å²) in [4.78, 5) is 46.5. The number of ether oxygens (including phenoxy) is 1. The number of likely N-dealkylation sites (tertiary alicyclic amines) is 1. The number of aryl methyl sites for hydroxylation is 1. The highest BCUT2D eigenvalue weighted by atomic mass is 16.5. The lowest BCUT2D eigenvalue weighted by atomic mass is 9.83. The number of piperidine rings is 1. The van der Waals surface area contributed by atoms with E-state index in [1.54, 1.807) is 35.0 Å². The van der Waals surface area contributed by atoms with Crippen molar-refractivity contribution in [3.63, 3.8) is 0 Å². The first-order valence-electron chi connectivity index (χ1n) is 19.4. The Hall–Kier alpha value is -5.76. The van der Waals surface area contributed by atoms with Crippen molar-refractivity contribution in [1.82, 2.24) is 39.2 Å². The zero-order valence-corrected chi connectivity index (χ0v) is 31.3. The number of amides is 4. The van der Waals surface area contributed by atoms with Crippen LogP contribution < -0.4 is 20.3 Å². The van der Waals surface area contributed by atoms with Crippen LogP contribution in [0.25, 0.3) is 27.5 Å². The second-order valence-electron chi connectivity index (χ2n) is 15.3. The van der Waals surface area contributed by atoms with Gasteiger partial charge in [-0.2, -0.15) is 14.7 Å². The van der Waals surface area contributed by atoms with Gasteiger partial charge in [-0.25, -0.2) is 9.78 Å². The number of carbonyl (C=O) groups excluding carboxylic acids is 3. The lowest BCUT2D eigenvalue weighted by Gasteiger charge is -2.34. The average Bonchev–Trinajstić information content (AvgIpc) is 3.92. The van der Waals surface area contributed by atoms with Gasteiger partial charge in [-0.15, -0.1) is 0 Å². The fraction of sp³-hybridized carbons (Fsp3) is 0.415. The van der Waals surface area contributed by atoms with Crippen LogP contribution in [-0.2, 0) is 11.8 Å². The summed E-state index contributed by atoms with van der Waals surface area (Å²) >= 11 is 0. The summed E-state index contributed by atoms with van der Waals surface area (Å²) in [5.74, 6) is 1.64. The van der Waals surface area contributed by atoms with E-state index in [4.69, 9.17) is 9.84 Å². The van der Waals surface area contributed by atoms with Crippen LogP contribution in [0.1, 0.15) is 79.2 Å². The van der Waals surface area contributed by atoms with Gasteiger partial charge in [-0.05, 0) is 106 Å². The Balaban J connectivity index is 0.784. The molecule has 2 N–H and O–H groups in total. The lowest BCUT2D eigenvalue weighted by molar-refractivity contribution is -0.120. The number of benzene rings is 2. The molecule has 4 amide bonds. The zero-order chi connectivity index (χ0) is 37.6. The van der Waals surface area contributed by atoms with Crippen LogP contribution in [0.2, 0.25) is 0 Å². The lowest BCUT2D eigenvalue weighted by Crippen LogP contribution is -2.49. The number of anilines is 2. The van der Waals surface area contributed by atoms with Crippen molar-refractivity contribution < 1.29 is 19.1 Å². The molecule has 2 aromatic carbocycles. The third-order valence-corrected chi connectivity index (χ3v) is 12.0. The molecule has 0 unspecified atom stereocenters. The van der Waals surface area contributed by atoms with Gasteiger partial charge in [0.05, 0.1) is 41.6 Å². The fourth-order valence-corrected chi connectivity index (χ4v) is 9.05. The fourth-order valence-electron chi connectivity index (χ4n) is 9.05. The average molecular weight is 743 g/mol. The van der Waals surface area contributed by atoms with Crippen LogP contribution in [0, 0.1) is 5.92 Å². The maximum absolute atomic E-state index is 13.4. The molecule has 0 radical (unpaired) electrons. The largest absolute Gasteiger partial charge is 0.496 e. The number of imidazole rings is 1. The van der Waals surface area contributed by atoms with E-state index in [1.165, 1.54) is 30.2 Å². The van der Waals surface area contributed by atoms with Crippen LogP contribution in [0.15, 0.2) is 67.3 Å². The van der Waals surface area contributed by atoms with E-state index in [9.17, 15) is 14.4 Å². The second-order valence-corrected chi connectivity index (χ2v) is 15.3. The van der Waals surface area contributed by atoms with Crippen LogP contribution >= 0.6 is 0 Å². The van der Waals surface area contributed by atoms with Gasteiger partial charge in [0.2, 0.25) is 5.91 Å². The molecule has 6 aromatic rings. The molecule has 6 heterocycles. The molecule has 55 heavy (non-hydrogen) atoms. The van der Waals surface area contributed by atoms with Crippen molar-refractivity contribution in [3.8, 4) is 5.75 Å². The van der Waals surface area contributed by atoms with Gasteiger partial charge in [0, 0.05) is 55.4 Å². The number of hydrogen-bond donors (Lipinski definition) is 2. The van der Waals surface area contributed by atoms with Crippen molar-refractivity contribution in [2.45, 2.75) is 63.3 Å². The highest BCUT2D eigenvalue weighted by Gasteiger charge is 2.30. The summed E-state index contributed by atoms with van der Waals surface area (Å²) in [5, 5.41) is 16.7. The Morgan fingerprint density at radius 3 is 2.64 bits per heavy atom. The van der Waals surface area contributed by atoms with E-state index in [2.05, 4.69) is 60.4 Å². The number of para-hydroxylation sites is 1. The highest BCUT2D eigenvalue weighted by molar-refractivity contribution is 6.10. The predicted octanol–water partition coefficient (Wildman–Crippen LogP) is 6.28. The van der Waals surface area contributed by atoms with Crippen molar-refractivity contribution in [2.24, 2.45) is 13.0 Å². The van der Waals surface area contributed by atoms with Gasteiger partial charge < -0.3 is 19.5 Å². The first kappa shape index (κ1) is 35.0. The Morgan fingerprint density at radius 2 is 1.84 bits per heavy atom. The van der Waals surface area contributed by atoms with E-state index >= 15 is 0 Å². The van der Waals surface area contributed by atoms with Crippen LogP contribution in [0.4, 0.5) is 16.3 Å². The smallest absolute Gasteiger partial charge is 0.328 e. The number of fused-ring (bicyclic) bond motifs is 3. The number of nitrogens with one attached hydrogen (secondary N) is 2. The van der Waals surface area contributed by atoms with Gasteiger partial charge in [0.15, 0.2) is 11.5 Å². The molecule has 284 valence electrons. The summed E-state index contributed by atoms with van der Waals surface area (Å²) in [5.41, 5.74) is 5.16. The second kappa shape index (κ2) is 14.5. The van der Waals surface area contributed by atoms with E-state index in [-0.39, 0.29) is 17.8 Å². The normalized spacial score (nSPS) is 20.1. The molecule has 9 rings (SSSR count). The third kappa shape index (κ3) is 6.68. The Bertz CT molecular complexity index is 2410. The molecule has 14 heteroatoms. The molecule has 3 aliphatic rings. The van der Waals surface area contributed by atoms with E-state index < -0.39 is 0 Å². The van der Waals surface area contributed by atoms with Crippen LogP contribution in [0.5, 0.6) is 5.75 Å². The number of imide groups is 1. The van der Waals surface area contributed by atoms with Crippen LogP contribution in [-0.4, -0.2) is 85.0 Å². The summed E-state index contributed by atoms with van der Waals surface area (Å²) in [6, 6.07) is 13.5. The summed E-state index contributed by atoms with van der Waals surface area (Å²) in [6.45, 7) is 3.71. The Kier molecular flexibility index (Phi) is 9.20. The molecule has 1 aliphatic carbocycles. The van der Waals surface area contributed by atoms with Crippen molar-refractivity contribution in [2.75, 3.05) is 43.5 Å². The number of hydrogen-bond acceptors (Lipinski definition) is 8. The molecular weight excluding hydrogens is 697 g/mol. The monoisotopic (exact) mass is 742 g/mol. The SMILES string of the molecule is COc1cc2nn(C3CCC(CCN4CCC(c5cn(C)c6c(N7CCC(=O)NC7=O)cccc56)CC4)CC3)cc2cc1C(=O)Nc1cnc2cccnn12. The maximum atomic E-state index is 13.4. The number of carbonyl (C=O) groups is 3. The van der Waals surface area contributed by atoms with Gasteiger partial charge in [0.1, 0.15) is 5.75 Å². The molecule has 2 aliphatic heterocycles. The summed E-state index contributed by atoms with van der Waals surface area (Å²) < 4.78 is 11.5. The van der Waals surface area contributed by atoms with E-state index in [1.807, 2.05) is 30.3 Å². The zero-order valence-electron chi connectivity index (χ0n) is 31.3. The minimum Gasteiger partial charge on any atom is -0.496 e. The van der Waals surface area contributed by atoms with Crippen molar-refractivity contribution >= 4 is 56.8 Å². The maximum Gasteiger partial charge on any atom is 0.328 e. The third-order valence-electron chi connectivity index (χ3n) is 12.0. The first-order chi connectivity index (χ1) is 26.8. The number of aromatic nitrogens is 6. The Labute approximate surface area is 318 Å². The van der Waals surface area contributed by atoms with Gasteiger partial charge in [-0.1, -0.05) is 12.1 Å². The molecule has 3 fully saturated rings. The minimum atomic E-state index is -0.347. The number of rotatable bonds is 9. The predicted molar refractivity (Wildman–Crippen MR) is 210 cm³/mol. The van der Waals surface area contributed by atoms with Gasteiger partial charge in [-0.3, -0.25) is 24.5 Å². The quantitative estimate of drug-likeness (QED) is 0.176. The van der Waals surface area contributed by atoms with Crippen molar-refractivity contribution in [1.29, 1.82) is 0 Å². The molecule has 1 saturated carbocycles.